The summed E-state index contributed by atoms with van der Waals surface area (Å²) < 4.78 is 40.7. The maximum absolute atomic E-state index is 13.1. The van der Waals surface area contributed by atoms with Crippen LogP contribution < -0.4 is 5.32 Å². The van der Waals surface area contributed by atoms with Crippen molar-refractivity contribution < 1.29 is 17.6 Å². The average Bonchev–Trinajstić information content (AvgIpc) is 3.00. The van der Waals surface area contributed by atoms with E-state index in [2.05, 4.69) is 5.32 Å². The van der Waals surface area contributed by atoms with Crippen molar-refractivity contribution in [2.75, 3.05) is 6.54 Å². The molecule has 0 radical (unpaired) electrons. The van der Waals surface area contributed by atoms with Gasteiger partial charge in [-0.15, -0.1) is 0 Å². The minimum Gasteiger partial charge on any atom is -0.355 e. The molecule has 0 spiro atoms. The van der Waals surface area contributed by atoms with Crippen molar-refractivity contribution >= 4 is 26.6 Å². The smallest absolute Gasteiger partial charge is 0.239 e. The van der Waals surface area contributed by atoms with Gasteiger partial charge in [0.1, 0.15) is 12.4 Å². The van der Waals surface area contributed by atoms with Crippen molar-refractivity contribution in [2.24, 2.45) is 0 Å². The zero-order valence-electron chi connectivity index (χ0n) is 14.3. The van der Waals surface area contributed by atoms with E-state index in [9.17, 15) is 17.6 Å². The summed E-state index contributed by atoms with van der Waals surface area (Å²) in [6, 6.07) is 11.7. The van der Waals surface area contributed by atoms with Gasteiger partial charge in [-0.2, -0.15) is 0 Å². The molecule has 0 fully saturated rings. The number of nitrogens with one attached hydrogen (secondary N) is 1. The molecule has 0 aliphatic carbocycles. The summed E-state index contributed by atoms with van der Waals surface area (Å²) in [6.07, 6.45) is 2.29. The van der Waals surface area contributed by atoms with Crippen LogP contribution in [0.3, 0.4) is 0 Å². The first kappa shape index (κ1) is 18.1. The monoisotopic (exact) mass is 374 g/mol. The fourth-order valence-corrected chi connectivity index (χ4v) is 4.25. The predicted octanol–water partition coefficient (Wildman–Crippen LogP) is 3.14. The zero-order chi connectivity index (χ0) is 18.7. The van der Waals surface area contributed by atoms with Gasteiger partial charge in [-0.25, -0.2) is 12.8 Å². The van der Waals surface area contributed by atoms with Crippen molar-refractivity contribution in [1.82, 2.24) is 9.88 Å². The van der Waals surface area contributed by atoms with E-state index in [4.69, 9.17) is 0 Å². The molecule has 26 heavy (non-hydrogen) atoms. The lowest BCUT2D eigenvalue weighted by atomic mass is 10.2. The van der Waals surface area contributed by atoms with Crippen molar-refractivity contribution in [3.63, 3.8) is 0 Å². The number of para-hydroxylation sites is 1. The van der Waals surface area contributed by atoms with Gasteiger partial charge in [0.2, 0.25) is 15.7 Å². The fraction of sp³-hybridized carbons (Fsp3) is 0.211. The molecule has 0 bridgehead atoms. The van der Waals surface area contributed by atoms with Crippen LogP contribution in [0.4, 0.5) is 4.39 Å². The third-order valence-electron chi connectivity index (χ3n) is 4.05. The Labute approximate surface area is 151 Å². The summed E-state index contributed by atoms with van der Waals surface area (Å²) >= 11 is 0. The number of sulfone groups is 1. The number of nitrogens with zero attached hydrogens (tertiary/aromatic N) is 1. The summed E-state index contributed by atoms with van der Waals surface area (Å²) in [7, 11) is -3.83. The van der Waals surface area contributed by atoms with Gasteiger partial charge < -0.3 is 9.88 Å². The highest BCUT2D eigenvalue weighted by atomic mass is 32.2. The van der Waals surface area contributed by atoms with Gasteiger partial charge in [0, 0.05) is 23.6 Å². The lowest BCUT2D eigenvalue weighted by molar-refractivity contribution is -0.121. The second kappa shape index (κ2) is 7.29. The molecule has 0 aliphatic heterocycles. The highest BCUT2D eigenvalue weighted by Crippen LogP contribution is 2.30. The molecule has 3 rings (SSSR count). The highest BCUT2D eigenvalue weighted by Gasteiger charge is 2.23. The van der Waals surface area contributed by atoms with Gasteiger partial charge in [-0.3, -0.25) is 4.79 Å². The van der Waals surface area contributed by atoms with Crippen LogP contribution in [-0.4, -0.2) is 25.4 Å². The summed E-state index contributed by atoms with van der Waals surface area (Å²) in [5, 5.41) is 3.31. The maximum Gasteiger partial charge on any atom is 0.239 e. The number of carbonyl (C=O) groups is 1. The molecular weight excluding hydrogens is 355 g/mol. The Balaban J connectivity index is 2.06. The van der Waals surface area contributed by atoms with E-state index in [0.29, 0.717) is 17.4 Å². The normalized spacial score (nSPS) is 11.6. The molecule has 1 heterocycles. The third kappa shape index (κ3) is 3.48. The molecule has 3 aromatic rings. The largest absolute Gasteiger partial charge is 0.355 e. The first-order valence-electron chi connectivity index (χ1n) is 8.28. The lowest BCUT2D eigenvalue weighted by Gasteiger charge is -2.06. The molecule has 0 saturated heterocycles. The van der Waals surface area contributed by atoms with Gasteiger partial charge in [-0.05, 0) is 36.8 Å². The van der Waals surface area contributed by atoms with E-state index in [0.717, 1.165) is 18.6 Å². The topological polar surface area (TPSA) is 68.2 Å². The van der Waals surface area contributed by atoms with Crippen molar-refractivity contribution in [3.05, 3.63) is 60.5 Å². The fourth-order valence-electron chi connectivity index (χ4n) is 2.77. The molecule has 2 aromatic carbocycles. The summed E-state index contributed by atoms with van der Waals surface area (Å²) in [5.41, 5.74) is 0.653. The molecule has 1 N–H and O–H groups in total. The van der Waals surface area contributed by atoms with Crippen LogP contribution in [0, 0.1) is 5.82 Å². The third-order valence-corrected chi connectivity index (χ3v) is 5.85. The Morgan fingerprint density at radius 2 is 1.81 bits per heavy atom. The molecule has 136 valence electrons. The van der Waals surface area contributed by atoms with Crippen LogP contribution in [-0.2, 0) is 21.2 Å². The second-order valence-electron chi connectivity index (χ2n) is 5.95. The minimum atomic E-state index is -3.83. The Bertz CT molecular complexity index is 1040. The van der Waals surface area contributed by atoms with E-state index in [1.165, 1.54) is 18.3 Å². The highest BCUT2D eigenvalue weighted by molar-refractivity contribution is 7.91. The van der Waals surface area contributed by atoms with Crippen LogP contribution >= 0.6 is 0 Å². The van der Waals surface area contributed by atoms with Gasteiger partial charge in [0.05, 0.1) is 9.79 Å². The van der Waals surface area contributed by atoms with E-state index in [1.54, 1.807) is 28.8 Å². The summed E-state index contributed by atoms with van der Waals surface area (Å²) in [5.74, 6) is -0.683. The molecule has 0 atom stereocenters. The Kier molecular flexibility index (Phi) is 5.08. The van der Waals surface area contributed by atoms with Crippen LogP contribution in [0.1, 0.15) is 13.3 Å². The van der Waals surface area contributed by atoms with E-state index < -0.39 is 15.7 Å². The molecule has 7 heteroatoms. The Morgan fingerprint density at radius 1 is 1.12 bits per heavy atom. The standard InChI is InChI=1S/C19H19FN2O3S/c1-2-11-21-19(23)13-22-12-18(16-5-3-4-6-17(16)22)26(24,25)15-9-7-14(20)8-10-15/h3-10,12H,2,11,13H2,1H3,(H,21,23). The predicted molar refractivity (Wildman–Crippen MR) is 97.1 cm³/mol. The van der Waals surface area contributed by atoms with E-state index >= 15 is 0 Å². The molecular formula is C19H19FN2O3S. The minimum absolute atomic E-state index is 0.0113. The van der Waals surface area contributed by atoms with E-state index in [1.807, 2.05) is 6.92 Å². The van der Waals surface area contributed by atoms with Crippen LogP contribution in [0.15, 0.2) is 64.5 Å². The quantitative estimate of drug-likeness (QED) is 0.674. The first-order chi connectivity index (χ1) is 12.4. The van der Waals surface area contributed by atoms with Gasteiger partial charge in [-0.1, -0.05) is 25.1 Å². The number of aromatic nitrogens is 1. The SMILES string of the molecule is CCCNC(=O)Cn1cc(S(=O)(=O)c2ccc(F)cc2)c2ccccc21. The van der Waals surface area contributed by atoms with Crippen LogP contribution in [0.5, 0.6) is 0 Å². The van der Waals surface area contributed by atoms with Crippen molar-refractivity contribution in [1.29, 1.82) is 0 Å². The Morgan fingerprint density at radius 3 is 2.50 bits per heavy atom. The van der Waals surface area contributed by atoms with Crippen LogP contribution in [0.2, 0.25) is 0 Å². The molecule has 0 saturated carbocycles. The van der Waals surface area contributed by atoms with Gasteiger partial charge in [0.25, 0.3) is 0 Å². The molecule has 1 aromatic heterocycles. The molecule has 0 unspecified atom stereocenters. The number of carbonyl (C=O) groups excluding carboxylic acids is 1. The lowest BCUT2D eigenvalue weighted by Crippen LogP contribution is -2.27. The number of fused-ring (bicyclic) bond motifs is 1. The zero-order valence-corrected chi connectivity index (χ0v) is 15.1. The van der Waals surface area contributed by atoms with Gasteiger partial charge in [0.15, 0.2) is 0 Å². The number of hydrogen-bond acceptors (Lipinski definition) is 3. The average molecular weight is 374 g/mol. The number of amides is 1. The van der Waals surface area contributed by atoms with Crippen molar-refractivity contribution in [2.45, 2.75) is 29.7 Å². The Hall–Kier alpha value is -2.67. The number of hydrogen-bond donors (Lipinski definition) is 1. The first-order valence-corrected chi connectivity index (χ1v) is 9.77. The maximum atomic E-state index is 13.1. The number of rotatable bonds is 6. The summed E-state index contributed by atoms with van der Waals surface area (Å²) in [6.45, 7) is 2.55. The van der Waals surface area contributed by atoms with Gasteiger partial charge >= 0.3 is 0 Å². The molecule has 5 nitrogen and oxygen atoms in total. The number of benzene rings is 2. The molecule has 1 amide bonds. The van der Waals surface area contributed by atoms with Crippen LogP contribution in [0.25, 0.3) is 10.9 Å². The van der Waals surface area contributed by atoms with Crippen molar-refractivity contribution in [3.8, 4) is 0 Å². The van der Waals surface area contributed by atoms with E-state index in [-0.39, 0.29) is 22.2 Å². The number of halogens is 1. The second-order valence-corrected chi connectivity index (χ2v) is 7.86. The molecule has 0 aliphatic rings. The summed E-state index contributed by atoms with van der Waals surface area (Å²) in [4.78, 5) is 12.2.